The highest BCUT2D eigenvalue weighted by molar-refractivity contribution is 5.83. The van der Waals surface area contributed by atoms with E-state index in [1.807, 2.05) is 32.6 Å². The molecule has 0 aromatic heterocycles. The predicted molar refractivity (Wildman–Crippen MR) is 108 cm³/mol. The zero-order valence-corrected chi connectivity index (χ0v) is 17.6. The minimum absolute atomic E-state index is 0.121. The summed E-state index contributed by atoms with van der Waals surface area (Å²) in [4.78, 5) is 28.5. The molecule has 0 radical (unpaired) electrons. The normalized spacial score (nSPS) is 16.4. The molecule has 27 heavy (non-hydrogen) atoms. The van der Waals surface area contributed by atoms with Crippen LogP contribution >= 0.6 is 0 Å². The molecule has 5 nitrogen and oxygen atoms in total. The van der Waals surface area contributed by atoms with E-state index in [1.54, 1.807) is 4.90 Å². The Morgan fingerprint density at radius 3 is 1.96 bits per heavy atom. The summed E-state index contributed by atoms with van der Waals surface area (Å²) in [5.41, 5.74) is 1.85. The molecule has 5 heteroatoms. The summed E-state index contributed by atoms with van der Waals surface area (Å²) in [6.07, 6.45) is 0.748. The van der Waals surface area contributed by atoms with Gasteiger partial charge in [0.15, 0.2) is 0 Å². The van der Waals surface area contributed by atoms with E-state index < -0.39 is 5.60 Å². The number of carbonyl (C=O) groups excluding carboxylic acids is 2. The Morgan fingerprint density at radius 2 is 1.48 bits per heavy atom. The molecule has 0 unspecified atom stereocenters. The Kier molecular flexibility index (Phi) is 6.90. The van der Waals surface area contributed by atoms with Crippen LogP contribution in [0.5, 0.6) is 0 Å². The van der Waals surface area contributed by atoms with Gasteiger partial charge >= 0.3 is 6.09 Å². The van der Waals surface area contributed by atoms with E-state index in [-0.39, 0.29) is 17.9 Å². The molecular formula is C22H34N2O3. The molecule has 1 saturated heterocycles. The fourth-order valence-corrected chi connectivity index (χ4v) is 3.27. The van der Waals surface area contributed by atoms with Crippen molar-refractivity contribution in [1.29, 1.82) is 0 Å². The highest BCUT2D eigenvalue weighted by Gasteiger charge is 2.29. The van der Waals surface area contributed by atoms with Crippen molar-refractivity contribution in [1.82, 2.24) is 9.80 Å². The molecule has 1 atom stereocenters. The minimum Gasteiger partial charge on any atom is -0.444 e. The first-order valence-corrected chi connectivity index (χ1v) is 9.92. The molecule has 2 amide bonds. The van der Waals surface area contributed by atoms with Gasteiger partial charge in [0.1, 0.15) is 5.60 Å². The number of nitrogens with zero attached hydrogens (tertiary/aromatic N) is 2. The fraction of sp³-hybridized carbons (Fsp3) is 0.636. The maximum Gasteiger partial charge on any atom is 0.410 e. The summed E-state index contributed by atoms with van der Waals surface area (Å²) < 4.78 is 5.41. The van der Waals surface area contributed by atoms with Gasteiger partial charge in [0.2, 0.25) is 5.91 Å². The Labute approximate surface area is 163 Å². The van der Waals surface area contributed by atoms with Crippen LogP contribution < -0.4 is 0 Å². The van der Waals surface area contributed by atoms with Gasteiger partial charge in [-0.1, -0.05) is 38.1 Å². The van der Waals surface area contributed by atoms with Crippen LogP contribution in [-0.2, 0) is 16.0 Å². The van der Waals surface area contributed by atoms with E-state index >= 15 is 0 Å². The first kappa shape index (κ1) is 21.3. The molecule has 1 aromatic rings. The van der Waals surface area contributed by atoms with E-state index in [0.717, 1.165) is 12.0 Å². The molecule has 1 heterocycles. The average Bonchev–Trinajstić information content (AvgIpc) is 2.59. The monoisotopic (exact) mass is 374 g/mol. The lowest BCUT2D eigenvalue weighted by atomic mass is 9.95. The number of rotatable bonds is 4. The number of benzene rings is 1. The first-order chi connectivity index (χ1) is 12.6. The zero-order chi connectivity index (χ0) is 20.2. The summed E-state index contributed by atoms with van der Waals surface area (Å²) >= 11 is 0. The molecular weight excluding hydrogens is 340 g/mol. The summed E-state index contributed by atoms with van der Waals surface area (Å²) in [5.74, 6) is 0.567. The largest absolute Gasteiger partial charge is 0.444 e. The second-order valence-electron chi connectivity index (χ2n) is 8.85. The average molecular weight is 375 g/mol. The Morgan fingerprint density at radius 1 is 0.963 bits per heavy atom. The van der Waals surface area contributed by atoms with Gasteiger partial charge in [-0.3, -0.25) is 4.79 Å². The maximum atomic E-state index is 12.9. The van der Waals surface area contributed by atoms with E-state index in [1.165, 1.54) is 5.56 Å². The van der Waals surface area contributed by atoms with Crippen LogP contribution in [0.15, 0.2) is 24.3 Å². The molecule has 0 aliphatic carbocycles. The SMILES string of the molecule is CC(C)Cc1ccc([C@H](C)C(=O)N2CCN(C(=O)OC(C)(C)C)CC2)cc1. The van der Waals surface area contributed by atoms with Crippen molar-refractivity contribution in [3.05, 3.63) is 35.4 Å². The van der Waals surface area contributed by atoms with E-state index in [4.69, 9.17) is 4.74 Å². The molecule has 0 saturated carbocycles. The van der Waals surface area contributed by atoms with Crippen LogP contribution in [0, 0.1) is 5.92 Å². The Balaban J connectivity index is 1.90. The van der Waals surface area contributed by atoms with Crippen molar-refractivity contribution >= 4 is 12.0 Å². The standard InChI is InChI=1S/C22H34N2O3/c1-16(2)15-18-7-9-19(10-8-18)17(3)20(25)23-11-13-24(14-12-23)21(26)27-22(4,5)6/h7-10,16-17H,11-15H2,1-6H3/t17-/m0/s1. The third-order valence-electron chi connectivity index (χ3n) is 4.74. The van der Waals surface area contributed by atoms with Crippen molar-refractivity contribution in [3.63, 3.8) is 0 Å². The van der Waals surface area contributed by atoms with Gasteiger partial charge < -0.3 is 14.5 Å². The highest BCUT2D eigenvalue weighted by atomic mass is 16.6. The molecule has 0 N–H and O–H groups in total. The predicted octanol–water partition coefficient (Wildman–Crippen LogP) is 4.07. The second-order valence-corrected chi connectivity index (χ2v) is 8.85. The third kappa shape index (κ3) is 6.26. The van der Waals surface area contributed by atoms with Gasteiger partial charge in [0.25, 0.3) is 0 Å². The Bertz CT molecular complexity index is 639. The van der Waals surface area contributed by atoms with Crippen LogP contribution in [-0.4, -0.2) is 53.6 Å². The third-order valence-corrected chi connectivity index (χ3v) is 4.74. The lowest BCUT2D eigenvalue weighted by Gasteiger charge is -2.36. The van der Waals surface area contributed by atoms with Gasteiger partial charge in [-0.2, -0.15) is 0 Å². The molecule has 1 aromatic carbocycles. The van der Waals surface area contributed by atoms with Crippen LogP contribution in [0.2, 0.25) is 0 Å². The van der Waals surface area contributed by atoms with Gasteiger partial charge in [0, 0.05) is 26.2 Å². The number of hydrogen-bond donors (Lipinski definition) is 0. The smallest absolute Gasteiger partial charge is 0.410 e. The summed E-state index contributed by atoms with van der Waals surface area (Å²) in [7, 11) is 0. The summed E-state index contributed by atoms with van der Waals surface area (Å²) in [6.45, 7) is 14.1. The van der Waals surface area contributed by atoms with Crippen LogP contribution in [0.3, 0.4) is 0 Å². The van der Waals surface area contributed by atoms with Crippen molar-refractivity contribution in [3.8, 4) is 0 Å². The number of ether oxygens (including phenoxy) is 1. The van der Waals surface area contributed by atoms with E-state index in [2.05, 4.69) is 38.1 Å². The molecule has 1 fully saturated rings. The lowest BCUT2D eigenvalue weighted by Crippen LogP contribution is -2.52. The van der Waals surface area contributed by atoms with E-state index in [9.17, 15) is 9.59 Å². The Hall–Kier alpha value is -2.04. The first-order valence-electron chi connectivity index (χ1n) is 9.92. The minimum atomic E-state index is -0.500. The van der Waals surface area contributed by atoms with Crippen molar-refractivity contribution in [2.75, 3.05) is 26.2 Å². The number of amides is 2. The number of carbonyl (C=O) groups is 2. The van der Waals surface area contributed by atoms with Crippen molar-refractivity contribution < 1.29 is 14.3 Å². The van der Waals surface area contributed by atoms with Crippen LogP contribution in [0.25, 0.3) is 0 Å². The zero-order valence-electron chi connectivity index (χ0n) is 17.6. The van der Waals surface area contributed by atoms with Gasteiger partial charge in [-0.25, -0.2) is 4.79 Å². The molecule has 0 spiro atoms. The van der Waals surface area contributed by atoms with Gasteiger partial charge in [-0.05, 0) is 51.2 Å². The topological polar surface area (TPSA) is 49.9 Å². The molecule has 1 aliphatic heterocycles. The lowest BCUT2D eigenvalue weighted by molar-refractivity contribution is -0.134. The molecule has 0 bridgehead atoms. The van der Waals surface area contributed by atoms with Crippen molar-refractivity contribution in [2.24, 2.45) is 5.92 Å². The van der Waals surface area contributed by atoms with Crippen molar-refractivity contribution in [2.45, 2.75) is 59.5 Å². The van der Waals surface area contributed by atoms with Gasteiger partial charge in [0.05, 0.1) is 5.92 Å². The second kappa shape index (κ2) is 8.77. The number of hydrogen-bond acceptors (Lipinski definition) is 3. The fourth-order valence-electron chi connectivity index (χ4n) is 3.27. The van der Waals surface area contributed by atoms with Crippen LogP contribution in [0.4, 0.5) is 4.79 Å². The maximum absolute atomic E-state index is 12.9. The highest BCUT2D eigenvalue weighted by Crippen LogP contribution is 2.21. The molecule has 2 rings (SSSR count). The van der Waals surface area contributed by atoms with Crippen LogP contribution in [0.1, 0.15) is 58.6 Å². The van der Waals surface area contributed by atoms with E-state index in [0.29, 0.717) is 32.1 Å². The summed E-state index contributed by atoms with van der Waals surface area (Å²) in [6, 6.07) is 8.38. The molecule has 1 aliphatic rings. The number of piperazine rings is 1. The van der Waals surface area contributed by atoms with Gasteiger partial charge in [-0.15, -0.1) is 0 Å². The molecule has 150 valence electrons. The summed E-state index contributed by atoms with van der Waals surface area (Å²) in [5, 5.41) is 0. The quantitative estimate of drug-likeness (QED) is 0.798.